The predicted octanol–water partition coefficient (Wildman–Crippen LogP) is -1.45. The number of rotatable bonds is 12. The van der Waals surface area contributed by atoms with Crippen LogP contribution in [-0.4, -0.2) is 91.2 Å². The molecule has 14 nitrogen and oxygen atoms in total. The van der Waals surface area contributed by atoms with Gasteiger partial charge in [-0.3, -0.25) is 9.09 Å². The molecular weight excluding hydrogens is 488 g/mol. The Morgan fingerprint density at radius 1 is 1.18 bits per heavy atom. The van der Waals surface area contributed by atoms with E-state index in [1.165, 1.54) is 0 Å². The van der Waals surface area contributed by atoms with E-state index >= 15 is 0 Å². The summed E-state index contributed by atoms with van der Waals surface area (Å²) in [5, 5.41) is 34.4. The summed E-state index contributed by atoms with van der Waals surface area (Å²) >= 11 is 0. The van der Waals surface area contributed by atoms with E-state index in [0.717, 1.165) is 5.70 Å². The minimum Gasteiger partial charge on any atom is -0.494 e. The van der Waals surface area contributed by atoms with Crippen LogP contribution in [-0.2, 0) is 27.9 Å². The highest BCUT2D eigenvalue weighted by molar-refractivity contribution is 7.51. The van der Waals surface area contributed by atoms with Crippen LogP contribution >= 0.6 is 15.4 Å². The van der Waals surface area contributed by atoms with Crippen LogP contribution in [0.5, 0.6) is 0 Å². The summed E-state index contributed by atoms with van der Waals surface area (Å²) in [7, 11) is -9.54. The summed E-state index contributed by atoms with van der Waals surface area (Å²) in [5.41, 5.74) is 0.718. The molecule has 0 spiro atoms. The van der Waals surface area contributed by atoms with E-state index in [9.17, 15) is 34.2 Å². The number of phosphoric ester groups is 1. The van der Waals surface area contributed by atoms with E-state index in [1.807, 2.05) is 6.92 Å². The largest absolute Gasteiger partial charge is 0.494 e. The van der Waals surface area contributed by atoms with Crippen LogP contribution in [0, 0.1) is 17.8 Å². The van der Waals surface area contributed by atoms with E-state index in [-0.39, 0.29) is 25.5 Å². The van der Waals surface area contributed by atoms with E-state index in [4.69, 9.17) is 24.0 Å². The molecule has 8 N–H and O–H groups in total. The summed E-state index contributed by atoms with van der Waals surface area (Å²) in [6.45, 7) is 4.27. The van der Waals surface area contributed by atoms with Crippen molar-refractivity contribution in [1.29, 1.82) is 0 Å². The quantitative estimate of drug-likeness (QED) is 0.109. The van der Waals surface area contributed by atoms with Crippen LogP contribution in [0.1, 0.15) is 20.3 Å². The zero-order chi connectivity index (χ0) is 24.8. The summed E-state index contributed by atoms with van der Waals surface area (Å²) in [4.78, 5) is 36.6. The van der Waals surface area contributed by atoms with Gasteiger partial charge in [0.15, 0.2) is 12.1 Å². The van der Waals surface area contributed by atoms with Crippen LogP contribution in [0.25, 0.3) is 0 Å². The summed E-state index contributed by atoms with van der Waals surface area (Å²) in [6.07, 6.45) is -6.18. The number of hydrogen-bond acceptors (Lipinski definition) is 10. The minimum absolute atomic E-state index is 0.0227. The lowest BCUT2D eigenvalue weighted by Crippen LogP contribution is -2.63. The fourth-order valence-corrected chi connectivity index (χ4v) is 5.77. The third-order valence-corrected chi connectivity index (χ3v) is 7.52. The van der Waals surface area contributed by atoms with Crippen molar-refractivity contribution in [3.63, 3.8) is 0 Å². The molecule has 2 fully saturated rings. The second-order valence-corrected chi connectivity index (χ2v) is 11.3. The lowest BCUT2D eigenvalue weighted by molar-refractivity contribution is -0.436. The molecule has 0 radical (unpaired) electrons. The van der Waals surface area contributed by atoms with Gasteiger partial charge in [-0.15, -0.1) is 0 Å². The highest BCUT2D eigenvalue weighted by Crippen LogP contribution is 2.58. The number of aliphatic hydroxyl groups is 3. The number of hydrogen-bond donors (Lipinski definition) is 8. The first kappa shape index (κ1) is 27.0. The van der Waals surface area contributed by atoms with Gasteiger partial charge < -0.3 is 54.4 Å². The van der Waals surface area contributed by atoms with Gasteiger partial charge in [0.25, 0.3) is 0 Å². The molecule has 3 rings (SSSR count). The molecule has 0 amide bonds. The standard InChI is InChI=1S/C17H31NO13P2/c1-3-28-15-11(8(2)12(15)19)18-5-6-29-16-10-14(31-33(25,26)27)13(20)9(17(10,21)30-16)4-7-32(22,23)24/h8-10,12-14,16,18-21H,3-7H2,1-2H3,(H2,22,23,24)(H2,25,26,27)/t8?,9?,10?,12?,13-,14?,16+,17?/m1/s1. The van der Waals surface area contributed by atoms with Crippen LogP contribution in [0.15, 0.2) is 11.5 Å². The molecule has 3 aliphatic rings. The second kappa shape index (κ2) is 9.81. The molecule has 0 bridgehead atoms. The number of fused-ring (bicyclic) bond motifs is 1. The van der Waals surface area contributed by atoms with Crippen molar-refractivity contribution in [2.45, 2.75) is 50.7 Å². The fourth-order valence-electron chi connectivity index (χ4n) is 4.58. The Kier molecular flexibility index (Phi) is 8.02. The average molecular weight is 519 g/mol. The van der Waals surface area contributed by atoms with Crippen molar-refractivity contribution in [3.05, 3.63) is 11.5 Å². The zero-order valence-electron chi connectivity index (χ0n) is 18.1. The lowest BCUT2D eigenvalue weighted by atomic mass is 9.86. The molecular formula is C17H31NO13P2. The SMILES string of the molecule is CCOC1=C(NCCO[C@H]2OC3(O)C2C(OP(=O)(O)O)[C@H](O)C3CCP(=O)(O)O)C(C)C1O. The van der Waals surface area contributed by atoms with Gasteiger partial charge in [-0.1, -0.05) is 6.92 Å². The van der Waals surface area contributed by atoms with E-state index in [1.54, 1.807) is 6.92 Å². The van der Waals surface area contributed by atoms with E-state index in [2.05, 4.69) is 9.84 Å². The first-order valence-electron chi connectivity index (χ1n) is 10.5. The van der Waals surface area contributed by atoms with Gasteiger partial charge in [0.05, 0.1) is 37.1 Å². The summed E-state index contributed by atoms with van der Waals surface area (Å²) in [5.74, 6) is -4.31. The maximum Gasteiger partial charge on any atom is 0.469 e. The first-order chi connectivity index (χ1) is 15.2. The van der Waals surface area contributed by atoms with Crippen molar-refractivity contribution in [1.82, 2.24) is 5.32 Å². The number of aliphatic hydroxyl groups excluding tert-OH is 2. The Balaban J connectivity index is 1.62. The maximum absolute atomic E-state index is 11.4. The van der Waals surface area contributed by atoms with Crippen LogP contribution in [0.2, 0.25) is 0 Å². The second-order valence-electron chi connectivity index (χ2n) is 8.34. The van der Waals surface area contributed by atoms with Gasteiger partial charge in [0.1, 0.15) is 18.0 Å². The Morgan fingerprint density at radius 2 is 1.85 bits per heavy atom. The number of phosphoric acid groups is 1. The molecule has 0 aromatic heterocycles. The normalized spacial score (nSPS) is 38.5. The van der Waals surface area contributed by atoms with Crippen LogP contribution in [0.3, 0.4) is 0 Å². The third kappa shape index (κ3) is 5.64. The molecule has 0 aromatic rings. The Hall–Kier alpha value is -0.600. The van der Waals surface area contributed by atoms with Gasteiger partial charge in [0.2, 0.25) is 0 Å². The molecule has 1 saturated heterocycles. The minimum atomic E-state index is -5.08. The Morgan fingerprint density at radius 3 is 2.42 bits per heavy atom. The van der Waals surface area contributed by atoms with Crippen molar-refractivity contribution in [3.8, 4) is 0 Å². The third-order valence-electron chi connectivity index (χ3n) is 6.16. The fraction of sp³-hybridized carbons (Fsp3) is 0.882. The Bertz CT molecular complexity index is 843. The predicted molar refractivity (Wildman–Crippen MR) is 109 cm³/mol. The highest BCUT2D eigenvalue weighted by Gasteiger charge is 2.72. The van der Waals surface area contributed by atoms with E-state index < -0.39 is 63.8 Å². The smallest absolute Gasteiger partial charge is 0.469 e. The highest BCUT2D eigenvalue weighted by atomic mass is 31.2. The van der Waals surface area contributed by atoms with Gasteiger partial charge in [0, 0.05) is 18.4 Å². The van der Waals surface area contributed by atoms with Gasteiger partial charge in [-0.2, -0.15) is 0 Å². The van der Waals surface area contributed by atoms with Crippen molar-refractivity contribution in [2.75, 3.05) is 25.9 Å². The molecule has 16 heteroatoms. The average Bonchev–Trinajstić information content (AvgIpc) is 2.83. The number of ether oxygens (including phenoxy) is 3. The molecule has 6 unspecified atom stereocenters. The first-order valence-corrected chi connectivity index (χ1v) is 13.8. The molecule has 2 aliphatic carbocycles. The van der Waals surface area contributed by atoms with Gasteiger partial charge in [-0.05, 0) is 13.3 Å². The lowest BCUT2D eigenvalue weighted by Gasteiger charge is -2.50. The number of nitrogens with one attached hydrogen (secondary N) is 1. The topological polar surface area (TPSA) is 225 Å². The van der Waals surface area contributed by atoms with Gasteiger partial charge in [-0.25, -0.2) is 4.57 Å². The monoisotopic (exact) mass is 519 g/mol. The summed E-state index contributed by atoms with van der Waals surface area (Å²) < 4.78 is 43.6. The van der Waals surface area contributed by atoms with Crippen LogP contribution < -0.4 is 5.32 Å². The zero-order valence-corrected chi connectivity index (χ0v) is 19.8. The summed E-state index contributed by atoms with van der Waals surface area (Å²) in [6, 6.07) is 0. The Labute approximate surface area is 189 Å². The molecule has 1 heterocycles. The van der Waals surface area contributed by atoms with Gasteiger partial charge >= 0.3 is 15.4 Å². The van der Waals surface area contributed by atoms with Crippen molar-refractivity contribution >= 4 is 15.4 Å². The molecule has 1 saturated carbocycles. The van der Waals surface area contributed by atoms with Crippen molar-refractivity contribution < 1.29 is 62.8 Å². The van der Waals surface area contributed by atoms with Crippen LogP contribution in [0.4, 0.5) is 0 Å². The maximum atomic E-state index is 11.4. The van der Waals surface area contributed by atoms with Crippen molar-refractivity contribution in [2.24, 2.45) is 17.8 Å². The molecule has 0 aromatic carbocycles. The molecule has 8 atom stereocenters. The molecule has 33 heavy (non-hydrogen) atoms. The van der Waals surface area contributed by atoms with E-state index in [0.29, 0.717) is 12.4 Å². The molecule has 1 aliphatic heterocycles. The molecule has 192 valence electrons.